The zero-order chi connectivity index (χ0) is 14.0. The molecule has 2 unspecified atom stereocenters. The van der Waals surface area contributed by atoms with E-state index < -0.39 is 33.9 Å². The van der Waals surface area contributed by atoms with Gasteiger partial charge >= 0.3 is 0 Å². The summed E-state index contributed by atoms with van der Waals surface area (Å²) in [5.41, 5.74) is 4.93. The molecule has 1 aromatic rings. The number of nitrogens with one attached hydrogen (secondary N) is 1. The average Bonchev–Trinajstić information content (AvgIpc) is 2.77. The highest BCUT2D eigenvalue weighted by atomic mass is 19.1. The molecule has 2 rings (SSSR count). The Morgan fingerprint density at radius 2 is 2.21 bits per heavy atom. The maximum atomic E-state index is 13.6. The Hall–Kier alpha value is -2.02. The topological polar surface area (TPSA) is 98.3 Å². The van der Waals surface area contributed by atoms with Gasteiger partial charge in [0.1, 0.15) is 0 Å². The molecule has 0 radical (unpaired) electrons. The normalized spacial score (nSPS) is 22.2. The maximum Gasteiger partial charge on any atom is 0.295 e. The number of rotatable bonds is 3. The Balaban J connectivity index is 2.23. The Morgan fingerprint density at radius 1 is 1.47 bits per heavy atom. The quantitative estimate of drug-likeness (QED) is 0.644. The van der Waals surface area contributed by atoms with Gasteiger partial charge in [-0.3, -0.25) is 14.9 Å². The summed E-state index contributed by atoms with van der Waals surface area (Å²) in [6, 6.07) is 3.17. The fourth-order valence-electron chi connectivity index (χ4n) is 2.32. The lowest BCUT2D eigenvalue weighted by atomic mass is 10.0. The van der Waals surface area contributed by atoms with E-state index in [4.69, 9.17) is 5.73 Å². The van der Waals surface area contributed by atoms with Crippen molar-refractivity contribution in [3.63, 3.8) is 0 Å². The standard InChI is InChI=1S/C12H14FN3O3/c13-8-4-2-6-10(16(18)19)11(8)15-12(17)7-3-1-5-9(7)14/h2,4,6-7,9H,1,3,5,14H2,(H,15,17). The number of nitro groups is 1. The second-order valence-electron chi connectivity index (χ2n) is 4.58. The van der Waals surface area contributed by atoms with Gasteiger partial charge in [-0.1, -0.05) is 12.5 Å². The molecule has 0 saturated heterocycles. The van der Waals surface area contributed by atoms with Crippen molar-refractivity contribution in [2.24, 2.45) is 11.7 Å². The Labute approximate surface area is 108 Å². The number of nitrogens with zero attached hydrogens (tertiary/aromatic N) is 1. The molecule has 6 nitrogen and oxygen atoms in total. The number of hydrogen-bond acceptors (Lipinski definition) is 4. The zero-order valence-electron chi connectivity index (χ0n) is 10.1. The number of benzene rings is 1. The fourth-order valence-corrected chi connectivity index (χ4v) is 2.32. The van der Waals surface area contributed by atoms with E-state index in [1.165, 1.54) is 6.07 Å². The summed E-state index contributed by atoms with van der Waals surface area (Å²) in [5.74, 6) is -1.70. The van der Waals surface area contributed by atoms with Gasteiger partial charge in [0.25, 0.3) is 5.69 Å². The number of carbonyl (C=O) groups excluding carboxylic acids is 1. The molecule has 1 amide bonds. The van der Waals surface area contributed by atoms with Gasteiger partial charge in [-0.05, 0) is 18.9 Å². The van der Waals surface area contributed by atoms with Crippen LogP contribution in [0.2, 0.25) is 0 Å². The van der Waals surface area contributed by atoms with Crippen molar-refractivity contribution in [3.8, 4) is 0 Å². The minimum absolute atomic E-state index is 0.272. The maximum absolute atomic E-state index is 13.6. The Bertz CT molecular complexity index is 521. The van der Waals surface area contributed by atoms with E-state index in [1.807, 2.05) is 0 Å². The van der Waals surface area contributed by atoms with E-state index in [0.29, 0.717) is 6.42 Å². The van der Waals surface area contributed by atoms with Crippen LogP contribution in [0.4, 0.5) is 15.8 Å². The summed E-state index contributed by atoms with van der Waals surface area (Å²) < 4.78 is 13.6. The molecule has 3 N–H and O–H groups in total. The Kier molecular flexibility index (Phi) is 3.75. The number of hydrogen-bond donors (Lipinski definition) is 2. The van der Waals surface area contributed by atoms with E-state index in [9.17, 15) is 19.3 Å². The van der Waals surface area contributed by atoms with Crippen molar-refractivity contribution in [3.05, 3.63) is 34.1 Å². The average molecular weight is 267 g/mol. The van der Waals surface area contributed by atoms with E-state index in [-0.39, 0.29) is 6.04 Å². The highest BCUT2D eigenvalue weighted by Gasteiger charge is 2.32. The van der Waals surface area contributed by atoms with Gasteiger partial charge in [-0.15, -0.1) is 0 Å². The lowest BCUT2D eigenvalue weighted by Crippen LogP contribution is -2.34. The predicted octanol–water partition coefficient (Wildman–Crippen LogP) is 1.80. The van der Waals surface area contributed by atoms with E-state index >= 15 is 0 Å². The summed E-state index contributed by atoms with van der Waals surface area (Å²) >= 11 is 0. The number of carbonyl (C=O) groups is 1. The molecule has 0 aromatic heterocycles. The molecule has 0 spiro atoms. The minimum atomic E-state index is -0.825. The first-order valence-electron chi connectivity index (χ1n) is 6.00. The smallest absolute Gasteiger partial charge is 0.295 e. The summed E-state index contributed by atoms with van der Waals surface area (Å²) in [7, 11) is 0. The largest absolute Gasteiger partial charge is 0.327 e. The molecule has 2 atom stereocenters. The van der Waals surface area contributed by atoms with Crippen molar-refractivity contribution in [1.82, 2.24) is 0 Å². The molecule has 1 saturated carbocycles. The molecule has 1 fully saturated rings. The van der Waals surface area contributed by atoms with E-state index in [2.05, 4.69) is 5.32 Å². The van der Waals surface area contributed by atoms with Gasteiger partial charge in [0.05, 0.1) is 10.8 Å². The first kappa shape index (κ1) is 13.4. The highest BCUT2D eigenvalue weighted by Crippen LogP contribution is 2.30. The van der Waals surface area contributed by atoms with Crippen LogP contribution in [0, 0.1) is 21.8 Å². The van der Waals surface area contributed by atoms with Gasteiger partial charge < -0.3 is 11.1 Å². The Morgan fingerprint density at radius 3 is 2.79 bits per heavy atom. The van der Waals surface area contributed by atoms with Crippen molar-refractivity contribution >= 4 is 17.3 Å². The van der Waals surface area contributed by atoms with E-state index in [1.54, 1.807) is 0 Å². The monoisotopic (exact) mass is 267 g/mol. The summed E-state index contributed by atoms with van der Waals surface area (Å²) in [6.45, 7) is 0. The van der Waals surface area contributed by atoms with Crippen LogP contribution in [-0.4, -0.2) is 16.9 Å². The predicted molar refractivity (Wildman–Crippen MR) is 67.0 cm³/mol. The number of para-hydroxylation sites is 1. The van der Waals surface area contributed by atoms with Crippen molar-refractivity contribution in [2.75, 3.05) is 5.32 Å². The number of amides is 1. The number of halogens is 1. The SMILES string of the molecule is NC1CCCC1C(=O)Nc1c(F)cccc1[N+](=O)[O-]. The van der Waals surface area contributed by atoms with Gasteiger partial charge in [0.15, 0.2) is 11.5 Å². The van der Waals surface area contributed by atoms with Gasteiger partial charge in [0.2, 0.25) is 5.91 Å². The highest BCUT2D eigenvalue weighted by molar-refractivity contribution is 5.95. The van der Waals surface area contributed by atoms with Crippen LogP contribution in [0.25, 0.3) is 0 Å². The molecule has 7 heteroatoms. The summed E-state index contributed by atoms with van der Waals surface area (Å²) in [6.07, 6.45) is 2.19. The van der Waals surface area contributed by atoms with Crippen molar-refractivity contribution in [2.45, 2.75) is 25.3 Å². The second kappa shape index (κ2) is 5.31. The summed E-state index contributed by atoms with van der Waals surface area (Å²) in [4.78, 5) is 22.0. The lowest BCUT2D eigenvalue weighted by molar-refractivity contribution is -0.384. The van der Waals surface area contributed by atoms with Crippen LogP contribution < -0.4 is 11.1 Å². The lowest BCUT2D eigenvalue weighted by Gasteiger charge is -2.15. The first-order valence-corrected chi connectivity index (χ1v) is 6.00. The van der Waals surface area contributed by atoms with E-state index in [0.717, 1.165) is 25.0 Å². The molecule has 19 heavy (non-hydrogen) atoms. The fraction of sp³-hybridized carbons (Fsp3) is 0.417. The molecular weight excluding hydrogens is 253 g/mol. The number of nitrogens with two attached hydrogens (primary N) is 1. The number of anilines is 1. The van der Waals surface area contributed by atoms with Crippen molar-refractivity contribution < 1.29 is 14.1 Å². The third-order valence-corrected chi connectivity index (χ3v) is 3.34. The van der Waals surface area contributed by atoms with Crippen LogP contribution in [0.1, 0.15) is 19.3 Å². The first-order chi connectivity index (χ1) is 9.00. The second-order valence-corrected chi connectivity index (χ2v) is 4.58. The van der Waals surface area contributed by atoms with Crippen LogP contribution in [0.5, 0.6) is 0 Å². The molecule has 102 valence electrons. The molecule has 0 heterocycles. The van der Waals surface area contributed by atoms with Crippen LogP contribution in [-0.2, 0) is 4.79 Å². The molecular formula is C12H14FN3O3. The zero-order valence-corrected chi connectivity index (χ0v) is 10.1. The van der Waals surface area contributed by atoms with Gasteiger partial charge in [0, 0.05) is 12.1 Å². The van der Waals surface area contributed by atoms with Crippen LogP contribution in [0.15, 0.2) is 18.2 Å². The minimum Gasteiger partial charge on any atom is -0.327 e. The molecule has 0 aliphatic heterocycles. The summed E-state index contributed by atoms with van der Waals surface area (Å²) in [5, 5.41) is 13.1. The van der Waals surface area contributed by atoms with Crippen LogP contribution in [0.3, 0.4) is 0 Å². The van der Waals surface area contributed by atoms with Crippen molar-refractivity contribution in [1.29, 1.82) is 0 Å². The van der Waals surface area contributed by atoms with Gasteiger partial charge in [-0.2, -0.15) is 0 Å². The molecule has 1 aliphatic rings. The molecule has 1 aromatic carbocycles. The molecule has 0 bridgehead atoms. The third kappa shape index (κ3) is 2.70. The van der Waals surface area contributed by atoms with Gasteiger partial charge in [-0.25, -0.2) is 4.39 Å². The molecule has 1 aliphatic carbocycles. The third-order valence-electron chi connectivity index (χ3n) is 3.34. The van der Waals surface area contributed by atoms with Crippen LogP contribution >= 0.6 is 0 Å². The number of nitro benzene ring substituents is 1.